The third kappa shape index (κ3) is 3.41. The van der Waals surface area contributed by atoms with Gasteiger partial charge in [0.1, 0.15) is 13.2 Å². The zero-order valence-corrected chi connectivity index (χ0v) is 10.4. The summed E-state index contributed by atoms with van der Waals surface area (Å²) < 4.78 is 9.97. The molecule has 17 heavy (non-hydrogen) atoms. The summed E-state index contributed by atoms with van der Waals surface area (Å²) in [5.74, 6) is -1.37. The van der Waals surface area contributed by atoms with Gasteiger partial charge in [0.25, 0.3) is 0 Å². The number of nitrogens with one attached hydrogen (secondary N) is 1. The fourth-order valence-corrected chi connectivity index (χ4v) is 2.00. The molecule has 6 nitrogen and oxygen atoms in total. The summed E-state index contributed by atoms with van der Waals surface area (Å²) in [6.45, 7) is 3.36. The molecule has 0 spiro atoms. The van der Waals surface area contributed by atoms with Crippen LogP contribution in [0.4, 0.5) is 0 Å². The molecular formula is C11H19NO5. The highest BCUT2D eigenvalue weighted by molar-refractivity contribution is 5.78. The zero-order valence-electron chi connectivity index (χ0n) is 10.4. The second-order valence-corrected chi connectivity index (χ2v) is 4.79. The molecule has 0 aromatic heterocycles. The molecule has 98 valence electrons. The van der Waals surface area contributed by atoms with Crippen LogP contribution >= 0.6 is 0 Å². The van der Waals surface area contributed by atoms with Gasteiger partial charge in [0, 0.05) is 18.6 Å². The normalized spacial score (nSPS) is 26.1. The van der Waals surface area contributed by atoms with Crippen LogP contribution in [0.5, 0.6) is 0 Å². The fourth-order valence-electron chi connectivity index (χ4n) is 2.00. The van der Waals surface area contributed by atoms with Crippen molar-refractivity contribution in [2.45, 2.75) is 32.4 Å². The van der Waals surface area contributed by atoms with Crippen molar-refractivity contribution in [1.29, 1.82) is 0 Å². The number of carbonyl (C=O) groups is 2. The Morgan fingerprint density at radius 3 is 2.53 bits per heavy atom. The Bertz CT molecular complexity index is 302. The number of hydrogen-bond donors (Lipinski definition) is 2. The fraction of sp³-hybridized carbons (Fsp3) is 0.818. The maximum Gasteiger partial charge on any atom is 0.329 e. The molecule has 1 amide bonds. The summed E-state index contributed by atoms with van der Waals surface area (Å²) in [4.78, 5) is 21.6. The van der Waals surface area contributed by atoms with Gasteiger partial charge in [0.15, 0.2) is 0 Å². The summed E-state index contributed by atoms with van der Waals surface area (Å²) in [6.07, 6.45) is 0.918. The Morgan fingerprint density at radius 1 is 1.41 bits per heavy atom. The average molecular weight is 245 g/mol. The number of carbonyl (C=O) groups excluding carboxylic acids is 1. The zero-order chi connectivity index (χ0) is 13.1. The molecule has 0 aromatic carbocycles. The third-order valence-corrected chi connectivity index (χ3v) is 3.26. The molecule has 1 aliphatic rings. The summed E-state index contributed by atoms with van der Waals surface area (Å²) in [5, 5.41) is 11.1. The van der Waals surface area contributed by atoms with E-state index in [9.17, 15) is 9.59 Å². The molecule has 2 N–H and O–H groups in total. The molecule has 2 atom stereocenters. The Kier molecular flexibility index (Phi) is 4.47. The van der Waals surface area contributed by atoms with Crippen molar-refractivity contribution in [3.05, 3.63) is 0 Å². The lowest BCUT2D eigenvalue weighted by atomic mass is 9.64. The van der Waals surface area contributed by atoms with Gasteiger partial charge in [-0.15, -0.1) is 0 Å². The van der Waals surface area contributed by atoms with Crippen molar-refractivity contribution >= 4 is 11.9 Å². The van der Waals surface area contributed by atoms with Gasteiger partial charge in [0.2, 0.25) is 5.91 Å². The molecule has 0 aromatic rings. The number of ether oxygens (including phenoxy) is 2. The van der Waals surface area contributed by atoms with Gasteiger partial charge >= 0.3 is 5.97 Å². The van der Waals surface area contributed by atoms with E-state index < -0.39 is 12.6 Å². The van der Waals surface area contributed by atoms with Crippen LogP contribution in [0.15, 0.2) is 0 Å². The van der Waals surface area contributed by atoms with E-state index in [4.69, 9.17) is 14.6 Å². The second-order valence-electron chi connectivity index (χ2n) is 4.79. The average Bonchev–Trinajstić information content (AvgIpc) is 2.23. The van der Waals surface area contributed by atoms with Crippen LogP contribution in [0.2, 0.25) is 0 Å². The number of aliphatic carboxylic acids is 1. The van der Waals surface area contributed by atoms with E-state index in [1.165, 1.54) is 0 Å². The summed E-state index contributed by atoms with van der Waals surface area (Å²) in [6, 6.07) is 0.0494. The van der Waals surface area contributed by atoms with Crippen LogP contribution in [0.1, 0.15) is 20.3 Å². The van der Waals surface area contributed by atoms with Crippen LogP contribution in [-0.4, -0.2) is 49.5 Å². The number of hydrogen-bond acceptors (Lipinski definition) is 4. The van der Waals surface area contributed by atoms with Gasteiger partial charge in [-0.05, 0) is 6.42 Å². The van der Waals surface area contributed by atoms with Crippen LogP contribution < -0.4 is 5.32 Å². The molecule has 1 saturated carbocycles. The van der Waals surface area contributed by atoms with Crippen LogP contribution in [0, 0.1) is 5.41 Å². The van der Waals surface area contributed by atoms with Crippen LogP contribution in [0.25, 0.3) is 0 Å². The lowest BCUT2D eigenvalue weighted by Gasteiger charge is -2.51. The Balaban J connectivity index is 2.26. The third-order valence-electron chi connectivity index (χ3n) is 3.26. The highest BCUT2D eigenvalue weighted by atomic mass is 16.5. The largest absolute Gasteiger partial charge is 0.480 e. The number of methoxy groups -OCH3 is 1. The van der Waals surface area contributed by atoms with Crippen molar-refractivity contribution in [3.63, 3.8) is 0 Å². The first-order chi connectivity index (χ1) is 7.87. The van der Waals surface area contributed by atoms with E-state index in [-0.39, 0.29) is 30.1 Å². The quantitative estimate of drug-likeness (QED) is 0.689. The van der Waals surface area contributed by atoms with Crippen molar-refractivity contribution in [2.75, 3.05) is 20.3 Å². The minimum absolute atomic E-state index is 0.0494. The lowest BCUT2D eigenvalue weighted by Crippen LogP contribution is -2.62. The van der Waals surface area contributed by atoms with Crippen molar-refractivity contribution in [3.8, 4) is 0 Å². The molecule has 0 aliphatic heterocycles. The summed E-state index contributed by atoms with van der Waals surface area (Å²) >= 11 is 0. The summed E-state index contributed by atoms with van der Waals surface area (Å²) in [5.41, 5.74) is -0.1000. The van der Waals surface area contributed by atoms with E-state index in [1.54, 1.807) is 7.11 Å². The highest BCUT2D eigenvalue weighted by Crippen LogP contribution is 2.42. The lowest BCUT2D eigenvalue weighted by molar-refractivity contribution is -0.145. The maximum atomic E-state index is 11.4. The van der Waals surface area contributed by atoms with E-state index in [0.717, 1.165) is 6.42 Å². The minimum Gasteiger partial charge on any atom is -0.480 e. The topological polar surface area (TPSA) is 84.9 Å². The summed E-state index contributed by atoms with van der Waals surface area (Å²) in [7, 11) is 1.65. The second kappa shape index (κ2) is 5.46. The maximum absolute atomic E-state index is 11.4. The Morgan fingerprint density at radius 2 is 2.06 bits per heavy atom. The SMILES string of the molecule is COC1CC(NC(=O)COCC(=O)O)C1(C)C. The first-order valence-electron chi connectivity index (χ1n) is 5.49. The molecule has 0 bridgehead atoms. The van der Waals surface area contributed by atoms with E-state index in [0.29, 0.717) is 0 Å². The molecule has 2 unspecified atom stereocenters. The number of amides is 1. The standard InChI is InChI=1S/C11H19NO5/c1-11(2)7(4-8(11)16-3)12-9(13)5-17-6-10(14)15/h7-8H,4-6H2,1-3H3,(H,12,13)(H,14,15). The smallest absolute Gasteiger partial charge is 0.329 e. The molecule has 0 radical (unpaired) electrons. The van der Waals surface area contributed by atoms with Crippen LogP contribution in [-0.2, 0) is 19.1 Å². The molecule has 0 heterocycles. The molecule has 0 saturated heterocycles. The number of carboxylic acid groups (broad SMARTS) is 1. The van der Waals surface area contributed by atoms with Gasteiger partial charge in [0.05, 0.1) is 6.10 Å². The number of rotatable bonds is 6. The molecule has 6 heteroatoms. The monoisotopic (exact) mass is 245 g/mol. The van der Waals surface area contributed by atoms with E-state index in [2.05, 4.69) is 5.32 Å². The molecule has 1 fully saturated rings. The van der Waals surface area contributed by atoms with Gasteiger partial charge in [-0.25, -0.2) is 4.79 Å². The van der Waals surface area contributed by atoms with E-state index >= 15 is 0 Å². The molecule has 1 aliphatic carbocycles. The Hall–Kier alpha value is -1.14. The van der Waals surface area contributed by atoms with Gasteiger partial charge in [-0.3, -0.25) is 4.79 Å². The molecule has 1 rings (SSSR count). The van der Waals surface area contributed by atoms with Crippen molar-refractivity contribution in [1.82, 2.24) is 5.32 Å². The first-order valence-corrected chi connectivity index (χ1v) is 5.49. The van der Waals surface area contributed by atoms with Gasteiger partial charge in [-0.2, -0.15) is 0 Å². The van der Waals surface area contributed by atoms with Gasteiger partial charge < -0.3 is 19.9 Å². The predicted molar refractivity (Wildman–Crippen MR) is 59.6 cm³/mol. The highest BCUT2D eigenvalue weighted by Gasteiger charge is 2.49. The molecular weight excluding hydrogens is 226 g/mol. The van der Waals surface area contributed by atoms with Crippen LogP contribution in [0.3, 0.4) is 0 Å². The number of carboxylic acids is 1. The van der Waals surface area contributed by atoms with E-state index in [1.807, 2.05) is 13.8 Å². The van der Waals surface area contributed by atoms with Crippen molar-refractivity contribution in [2.24, 2.45) is 5.41 Å². The predicted octanol–water partition coefficient (Wildman–Crippen LogP) is 0.0173. The first kappa shape index (κ1) is 13.9. The minimum atomic E-state index is -1.08. The van der Waals surface area contributed by atoms with Crippen molar-refractivity contribution < 1.29 is 24.2 Å². The van der Waals surface area contributed by atoms with Gasteiger partial charge in [-0.1, -0.05) is 13.8 Å². The Labute approximate surface area is 100 Å².